The molecule has 0 aliphatic heterocycles. The molecule has 1 aromatic carbocycles. The average molecular weight is 330 g/mol. The van der Waals surface area contributed by atoms with Crippen molar-refractivity contribution in [3.05, 3.63) is 65.3 Å². The first kappa shape index (κ1) is 16.8. The van der Waals surface area contributed by atoms with E-state index < -0.39 is 5.97 Å². The van der Waals surface area contributed by atoms with Crippen molar-refractivity contribution < 1.29 is 23.6 Å². The molecule has 0 atom stereocenters. The number of carbonyl (C=O) groups excluding carboxylic acids is 2. The summed E-state index contributed by atoms with van der Waals surface area (Å²) in [5.41, 5.74) is 0.450. The first-order valence-electron chi connectivity index (χ1n) is 6.75. The number of thiol groups is 1. The Bertz CT molecular complexity index is 739. The van der Waals surface area contributed by atoms with Crippen LogP contribution in [0.3, 0.4) is 0 Å². The van der Waals surface area contributed by atoms with E-state index in [1.165, 1.54) is 11.7 Å². The van der Waals surface area contributed by atoms with Gasteiger partial charge in [-0.2, -0.15) is 4.57 Å². The summed E-state index contributed by atoms with van der Waals surface area (Å²) >= 11 is 4.26. The smallest absolute Gasteiger partial charge is 0.405 e. The Morgan fingerprint density at radius 1 is 1.00 bits per heavy atom. The Morgan fingerprint density at radius 2 is 1.61 bits per heavy atom. The normalized spacial score (nSPS) is 11.4. The fraction of sp³-hybridized carbons (Fsp3) is 0.118. The molecule has 1 aromatic heterocycles. The Morgan fingerprint density at radius 3 is 2.13 bits per heavy atom. The number of hydrogen-bond donors (Lipinski definition) is 1. The van der Waals surface area contributed by atoms with E-state index in [0.29, 0.717) is 11.3 Å². The van der Waals surface area contributed by atoms with Crippen molar-refractivity contribution in [1.82, 2.24) is 0 Å². The Labute approximate surface area is 139 Å². The van der Waals surface area contributed by atoms with Crippen molar-refractivity contribution >= 4 is 30.1 Å². The molecule has 0 fully saturated rings. The topological polar surface area (TPSA) is 56.5 Å². The molecule has 2 aromatic rings. The molecule has 0 bridgehead atoms. The molecular weight excluding hydrogens is 314 g/mol. The molecule has 0 spiro atoms. The van der Waals surface area contributed by atoms with Gasteiger partial charge in [-0.15, -0.1) is 12.6 Å². The van der Waals surface area contributed by atoms with E-state index in [2.05, 4.69) is 12.6 Å². The lowest BCUT2D eigenvalue weighted by atomic mass is 10.1. The van der Waals surface area contributed by atoms with Crippen LogP contribution < -0.4 is 9.30 Å². The van der Waals surface area contributed by atoms with Crippen molar-refractivity contribution in [2.24, 2.45) is 0 Å². The summed E-state index contributed by atoms with van der Waals surface area (Å²) in [6, 6.07) is 11.8. The van der Waals surface area contributed by atoms with Crippen molar-refractivity contribution in [3.63, 3.8) is 0 Å². The number of Topliss-reactive ketones (excluding diaryl/α,β-unsaturated/α-hetero) is 1. The van der Waals surface area contributed by atoms with E-state index in [-0.39, 0.29) is 16.4 Å². The average Bonchev–Trinajstić information content (AvgIpc) is 2.62. The molecule has 0 unspecified atom stereocenters. The largest absolute Gasteiger partial charge is 0.497 e. The van der Waals surface area contributed by atoms with Gasteiger partial charge < -0.3 is 9.47 Å². The summed E-state index contributed by atoms with van der Waals surface area (Å²) < 4.78 is 11.3. The minimum absolute atomic E-state index is 0.00165. The number of aromatic nitrogens is 1. The van der Waals surface area contributed by atoms with Gasteiger partial charge >= 0.3 is 11.7 Å². The van der Waals surface area contributed by atoms with Crippen LogP contribution in [0.4, 0.5) is 0 Å². The second kappa shape index (κ2) is 7.60. The van der Waals surface area contributed by atoms with E-state index in [1.54, 1.807) is 62.0 Å². The molecule has 0 radical (unpaired) electrons. The molecular formula is C17H16NO4S+. The molecule has 5 nitrogen and oxygen atoms in total. The fourth-order valence-corrected chi connectivity index (χ4v) is 2.29. The van der Waals surface area contributed by atoms with E-state index in [0.717, 1.165) is 0 Å². The van der Waals surface area contributed by atoms with Crippen LogP contribution in [0.5, 0.6) is 5.75 Å². The van der Waals surface area contributed by atoms with Gasteiger partial charge in [0.1, 0.15) is 10.7 Å². The van der Waals surface area contributed by atoms with Gasteiger partial charge in [0.25, 0.3) is 0 Å². The quantitative estimate of drug-likeness (QED) is 0.300. The summed E-state index contributed by atoms with van der Waals surface area (Å²) in [4.78, 5) is 24.6. The summed E-state index contributed by atoms with van der Waals surface area (Å²) in [5, 5.41) is 0. The highest BCUT2D eigenvalue weighted by molar-refractivity contribution is 7.86. The predicted molar refractivity (Wildman–Crippen MR) is 88.2 cm³/mol. The Hall–Kier alpha value is -2.60. The van der Waals surface area contributed by atoms with E-state index >= 15 is 0 Å². The van der Waals surface area contributed by atoms with Crippen LogP contribution in [0.25, 0.3) is 5.70 Å². The summed E-state index contributed by atoms with van der Waals surface area (Å²) in [7, 11) is 2.80. The molecule has 0 N–H and O–H groups in total. The molecule has 23 heavy (non-hydrogen) atoms. The van der Waals surface area contributed by atoms with Crippen molar-refractivity contribution in [3.8, 4) is 5.75 Å². The zero-order valence-electron chi connectivity index (χ0n) is 12.7. The standard InChI is InChI=1S/C17H15NO4S/c1-21-13-8-6-12(7-9-13)15(19)16(23)14(17(20)22-2)18-10-4-3-5-11-18/h3-11H,1-2H3/p+1. The van der Waals surface area contributed by atoms with Crippen LogP contribution >= 0.6 is 12.6 Å². The number of carbonyl (C=O) groups is 2. The second-order valence-corrected chi connectivity index (χ2v) is 4.98. The number of ether oxygens (including phenoxy) is 2. The first-order chi connectivity index (χ1) is 11.1. The number of nitrogens with zero attached hydrogens (tertiary/aromatic N) is 1. The van der Waals surface area contributed by atoms with Crippen LogP contribution in [0, 0.1) is 0 Å². The van der Waals surface area contributed by atoms with Gasteiger partial charge in [-0.05, 0) is 24.3 Å². The highest BCUT2D eigenvalue weighted by atomic mass is 32.1. The maximum Gasteiger partial charge on any atom is 0.405 e. The van der Waals surface area contributed by atoms with Crippen molar-refractivity contribution in [1.29, 1.82) is 0 Å². The molecule has 2 rings (SSSR count). The lowest BCUT2D eigenvalue weighted by Gasteiger charge is -2.05. The third kappa shape index (κ3) is 3.78. The number of rotatable bonds is 5. The van der Waals surface area contributed by atoms with Crippen LogP contribution in [0.15, 0.2) is 59.8 Å². The maximum absolute atomic E-state index is 12.6. The molecule has 0 saturated heterocycles. The Kier molecular flexibility index (Phi) is 5.54. The summed E-state index contributed by atoms with van der Waals surface area (Å²) in [6.07, 6.45) is 3.29. The number of ketones is 1. The maximum atomic E-state index is 12.6. The zero-order chi connectivity index (χ0) is 16.8. The van der Waals surface area contributed by atoms with Gasteiger partial charge in [-0.1, -0.05) is 6.07 Å². The van der Waals surface area contributed by atoms with Gasteiger partial charge in [0.05, 0.1) is 14.2 Å². The number of methoxy groups -OCH3 is 2. The lowest BCUT2D eigenvalue weighted by Crippen LogP contribution is -2.37. The molecule has 118 valence electrons. The second-order valence-electron chi connectivity index (χ2n) is 4.53. The van der Waals surface area contributed by atoms with Gasteiger partial charge in [0.15, 0.2) is 12.4 Å². The van der Waals surface area contributed by atoms with E-state index in [4.69, 9.17) is 9.47 Å². The molecule has 0 aliphatic carbocycles. The predicted octanol–water partition coefficient (Wildman–Crippen LogP) is 2.14. The van der Waals surface area contributed by atoms with Crippen molar-refractivity contribution in [2.75, 3.05) is 14.2 Å². The highest BCUT2D eigenvalue weighted by Gasteiger charge is 2.29. The number of benzene rings is 1. The van der Waals surface area contributed by atoms with E-state index in [1.807, 2.05) is 0 Å². The van der Waals surface area contributed by atoms with Crippen LogP contribution in [0.2, 0.25) is 0 Å². The minimum atomic E-state index is -0.645. The highest BCUT2D eigenvalue weighted by Crippen LogP contribution is 2.19. The Balaban J connectivity index is 2.48. The fourth-order valence-electron chi connectivity index (χ4n) is 1.96. The van der Waals surface area contributed by atoms with Gasteiger partial charge in [0, 0.05) is 17.7 Å². The third-order valence-electron chi connectivity index (χ3n) is 3.14. The van der Waals surface area contributed by atoms with Crippen molar-refractivity contribution in [2.45, 2.75) is 0 Å². The minimum Gasteiger partial charge on any atom is -0.497 e. The summed E-state index contributed by atoms with van der Waals surface area (Å²) in [5.74, 6) is -0.391. The van der Waals surface area contributed by atoms with Crippen LogP contribution in [-0.4, -0.2) is 26.0 Å². The SMILES string of the molecule is COC(=O)/C(=C(/S)C(=O)c1ccc(OC)cc1)[n+]1ccccc1. The van der Waals surface area contributed by atoms with E-state index in [9.17, 15) is 9.59 Å². The molecule has 1 heterocycles. The number of pyridine rings is 1. The van der Waals surface area contributed by atoms with Gasteiger partial charge in [-0.3, -0.25) is 4.79 Å². The third-order valence-corrected chi connectivity index (χ3v) is 3.56. The van der Waals surface area contributed by atoms with Gasteiger partial charge in [-0.25, -0.2) is 4.79 Å². The number of esters is 1. The zero-order valence-corrected chi connectivity index (χ0v) is 13.6. The van der Waals surface area contributed by atoms with Crippen LogP contribution in [-0.2, 0) is 9.53 Å². The van der Waals surface area contributed by atoms with Gasteiger partial charge in [0.2, 0.25) is 5.78 Å². The molecule has 0 aliphatic rings. The summed E-state index contributed by atoms with van der Waals surface area (Å²) in [6.45, 7) is 0. The van der Waals surface area contributed by atoms with Crippen LogP contribution in [0.1, 0.15) is 10.4 Å². The number of hydrogen-bond acceptors (Lipinski definition) is 5. The first-order valence-corrected chi connectivity index (χ1v) is 7.20. The lowest BCUT2D eigenvalue weighted by molar-refractivity contribution is -0.578. The molecule has 6 heteroatoms. The number of allylic oxidation sites excluding steroid dienone is 1. The molecule has 0 saturated carbocycles. The molecule has 0 amide bonds. The monoisotopic (exact) mass is 330 g/mol.